The number of aromatic nitrogens is 2. The minimum absolute atomic E-state index is 0.00540. The fourth-order valence-corrected chi connectivity index (χ4v) is 4.31. The highest BCUT2D eigenvalue weighted by atomic mass is 32.2. The standard InChI is InChI=1S/C16H18N4O6S/c1-25-15-16(18-9-8-17-15)26-13-3-2-10-19(11-13)27(23,24)14-6-4-12(5-7-14)20(21)22/h4-9,13H,2-3,10-11H2,1H3. The van der Waals surface area contributed by atoms with Gasteiger partial charge in [-0.3, -0.25) is 10.1 Å². The Bertz CT molecular complexity index is 919. The van der Waals surface area contributed by atoms with E-state index in [9.17, 15) is 18.5 Å². The van der Waals surface area contributed by atoms with Crippen molar-refractivity contribution in [1.82, 2.24) is 14.3 Å². The molecule has 11 heteroatoms. The van der Waals surface area contributed by atoms with Crippen LogP contribution in [0.2, 0.25) is 0 Å². The predicted molar refractivity (Wildman–Crippen MR) is 94.1 cm³/mol. The number of methoxy groups -OCH3 is 1. The number of hydrogen-bond donors (Lipinski definition) is 0. The molecule has 1 aliphatic heterocycles. The van der Waals surface area contributed by atoms with Crippen molar-refractivity contribution in [3.8, 4) is 11.8 Å². The molecule has 0 aliphatic carbocycles. The lowest BCUT2D eigenvalue weighted by molar-refractivity contribution is -0.384. The number of ether oxygens (including phenoxy) is 2. The van der Waals surface area contributed by atoms with Gasteiger partial charge >= 0.3 is 0 Å². The summed E-state index contributed by atoms with van der Waals surface area (Å²) in [5.41, 5.74) is -0.163. The number of nitrogens with zero attached hydrogens (tertiary/aromatic N) is 4. The molecule has 1 aliphatic rings. The smallest absolute Gasteiger partial charge is 0.278 e. The topological polar surface area (TPSA) is 125 Å². The predicted octanol–water partition coefficient (Wildman–Crippen LogP) is 1.63. The molecule has 0 N–H and O–H groups in total. The first-order chi connectivity index (χ1) is 12.9. The van der Waals surface area contributed by atoms with Gasteiger partial charge in [-0.2, -0.15) is 4.31 Å². The summed E-state index contributed by atoms with van der Waals surface area (Å²) in [7, 11) is -2.33. The lowest BCUT2D eigenvalue weighted by Gasteiger charge is -2.31. The van der Waals surface area contributed by atoms with Gasteiger partial charge in [0.2, 0.25) is 10.0 Å². The van der Waals surface area contributed by atoms with Crippen LogP contribution in [-0.2, 0) is 10.0 Å². The highest BCUT2D eigenvalue weighted by Crippen LogP contribution is 2.27. The first kappa shape index (κ1) is 19.0. The molecule has 2 heterocycles. The number of benzene rings is 1. The molecule has 1 aromatic carbocycles. The zero-order valence-electron chi connectivity index (χ0n) is 14.5. The summed E-state index contributed by atoms with van der Waals surface area (Å²) in [6, 6.07) is 4.83. The summed E-state index contributed by atoms with van der Waals surface area (Å²) >= 11 is 0. The van der Waals surface area contributed by atoms with Gasteiger partial charge in [-0.1, -0.05) is 0 Å². The van der Waals surface area contributed by atoms with Gasteiger partial charge < -0.3 is 9.47 Å². The van der Waals surface area contributed by atoms with E-state index in [0.717, 1.165) is 0 Å². The normalized spacial score (nSPS) is 18.0. The molecule has 3 rings (SSSR count). The van der Waals surface area contributed by atoms with E-state index in [-0.39, 0.29) is 28.9 Å². The van der Waals surface area contributed by atoms with Crippen LogP contribution < -0.4 is 9.47 Å². The maximum atomic E-state index is 12.8. The van der Waals surface area contributed by atoms with Gasteiger partial charge in [0.05, 0.1) is 23.5 Å². The van der Waals surface area contributed by atoms with Crippen LogP contribution in [0.25, 0.3) is 0 Å². The fraction of sp³-hybridized carbons (Fsp3) is 0.375. The summed E-state index contributed by atoms with van der Waals surface area (Å²) in [5, 5.41) is 10.7. The Balaban J connectivity index is 1.75. The first-order valence-electron chi connectivity index (χ1n) is 8.18. The summed E-state index contributed by atoms with van der Waals surface area (Å²) < 4.78 is 37.9. The monoisotopic (exact) mass is 394 g/mol. The third-order valence-electron chi connectivity index (χ3n) is 4.13. The fourth-order valence-electron chi connectivity index (χ4n) is 2.80. The highest BCUT2D eigenvalue weighted by molar-refractivity contribution is 7.89. The summed E-state index contributed by atoms with van der Waals surface area (Å²) in [4.78, 5) is 18.2. The Kier molecular flexibility index (Phi) is 5.51. The van der Waals surface area contributed by atoms with Crippen molar-refractivity contribution in [3.05, 3.63) is 46.8 Å². The molecule has 1 fully saturated rings. The zero-order valence-corrected chi connectivity index (χ0v) is 15.3. The van der Waals surface area contributed by atoms with Crippen LogP contribution in [0.1, 0.15) is 12.8 Å². The van der Waals surface area contributed by atoms with E-state index >= 15 is 0 Å². The second-order valence-corrected chi connectivity index (χ2v) is 7.80. The average molecular weight is 394 g/mol. The van der Waals surface area contributed by atoms with Crippen LogP contribution in [0.5, 0.6) is 11.8 Å². The highest BCUT2D eigenvalue weighted by Gasteiger charge is 2.32. The van der Waals surface area contributed by atoms with Gasteiger partial charge in [-0.25, -0.2) is 18.4 Å². The number of sulfonamides is 1. The van der Waals surface area contributed by atoms with E-state index in [2.05, 4.69) is 9.97 Å². The van der Waals surface area contributed by atoms with E-state index in [0.29, 0.717) is 19.4 Å². The van der Waals surface area contributed by atoms with Gasteiger partial charge in [0.15, 0.2) is 0 Å². The number of nitro benzene ring substituents is 1. The molecule has 1 atom stereocenters. The van der Waals surface area contributed by atoms with E-state index in [1.165, 1.54) is 48.1 Å². The molecule has 1 aromatic heterocycles. The van der Waals surface area contributed by atoms with Crippen molar-refractivity contribution in [2.75, 3.05) is 20.2 Å². The third-order valence-corrected chi connectivity index (χ3v) is 6.01. The summed E-state index contributed by atoms with van der Waals surface area (Å²) in [5.74, 6) is 0.437. The molecular formula is C16H18N4O6S. The maximum absolute atomic E-state index is 12.8. The van der Waals surface area contributed by atoms with Crippen molar-refractivity contribution >= 4 is 15.7 Å². The summed E-state index contributed by atoms with van der Waals surface area (Å²) in [6.07, 6.45) is 3.80. The Morgan fingerprint density at radius 3 is 2.48 bits per heavy atom. The van der Waals surface area contributed by atoms with E-state index in [4.69, 9.17) is 9.47 Å². The molecular weight excluding hydrogens is 376 g/mol. The molecule has 27 heavy (non-hydrogen) atoms. The molecule has 0 saturated carbocycles. The van der Waals surface area contributed by atoms with E-state index < -0.39 is 21.1 Å². The van der Waals surface area contributed by atoms with Crippen LogP contribution in [0.3, 0.4) is 0 Å². The largest absolute Gasteiger partial charge is 0.477 e. The minimum atomic E-state index is -3.78. The van der Waals surface area contributed by atoms with Gasteiger partial charge in [-0.15, -0.1) is 0 Å². The number of nitro groups is 1. The van der Waals surface area contributed by atoms with Crippen LogP contribution >= 0.6 is 0 Å². The van der Waals surface area contributed by atoms with E-state index in [1.807, 2.05) is 0 Å². The van der Waals surface area contributed by atoms with Crippen molar-refractivity contribution < 1.29 is 22.8 Å². The molecule has 0 radical (unpaired) electrons. The molecule has 0 spiro atoms. The van der Waals surface area contributed by atoms with Crippen molar-refractivity contribution in [1.29, 1.82) is 0 Å². The summed E-state index contributed by atoms with van der Waals surface area (Å²) in [6.45, 7) is 0.482. The third kappa shape index (κ3) is 4.14. The SMILES string of the molecule is COc1nccnc1OC1CCCN(S(=O)(=O)c2ccc([N+](=O)[O-])cc2)C1. The average Bonchev–Trinajstić information content (AvgIpc) is 2.68. The Labute approximate surface area is 156 Å². The first-order valence-corrected chi connectivity index (χ1v) is 9.62. The number of non-ortho nitro benzene ring substituents is 1. The second-order valence-electron chi connectivity index (χ2n) is 5.87. The van der Waals surface area contributed by atoms with Gasteiger partial charge in [0, 0.05) is 31.1 Å². The van der Waals surface area contributed by atoms with E-state index in [1.54, 1.807) is 0 Å². The Morgan fingerprint density at radius 1 is 1.19 bits per heavy atom. The lowest BCUT2D eigenvalue weighted by atomic mass is 10.1. The Morgan fingerprint density at radius 2 is 1.85 bits per heavy atom. The number of rotatable bonds is 6. The van der Waals surface area contributed by atoms with Gasteiger partial charge in [0.1, 0.15) is 6.10 Å². The molecule has 144 valence electrons. The van der Waals surface area contributed by atoms with Crippen LogP contribution in [0.15, 0.2) is 41.6 Å². The second kappa shape index (κ2) is 7.84. The quantitative estimate of drug-likeness (QED) is 0.535. The number of hydrogen-bond acceptors (Lipinski definition) is 8. The van der Waals surface area contributed by atoms with Gasteiger partial charge in [-0.05, 0) is 25.0 Å². The Hall–Kier alpha value is -2.79. The molecule has 0 amide bonds. The molecule has 10 nitrogen and oxygen atoms in total. The molecule has 1 unspecified atom stereocenters. The van der Waals surface area contributed by atoms with Crippen LogP contribution in [-0.4, -0.2) is 53.9 Å². The van der Waals surface area contributed by atoms with Crippen molar-refractivity contribution in [2.24, 2.45) is 0 Å². The lowest BCUT2D eigenvalue weighted by Crippen LogP contribution is -2.44. The number of piperidine rings is 1. The molecule has 0 bridgehead atoms. The molecule has 1 saturated heterocycles. The molecule has 2 aromatic rings. The van der Waals surface area contributed by atoms with Crippen molar-refractivity contribution in [2.45, 2.75) is 23.8 Å². The van der Waals surface area contributed by atoms with Crippen LogP contribution in [0, 0.1) is 10.1 Å². The van der Waals surface area contributed by atoms with Crippen molar-refractivity contribution in [3.63, 3.8) is 0 Å². The maximum Gasteiger partial charge on any atom is 0.278 e. The van der Waals surface area contributed by atoms with Gasteiger partial charge in [0.25, 0.3) is 17.4 Å². The zero-order chi connectivity index (χ0) is 19.4. The van der Waals surface area contributed by atoms with Crippen LogP contribution in [0.4, 0.5) is 5.69 Å². The minimum Gasteiger partial charge on any atom is -0.477 e.